The first kappa shape index (κ1) is 72.6. The van der Waals surface area contributed by atoms with E-state index in [1.165, 1.54) is 99.0 Å². The van der Waals surface area contributed by atoms with Crippen molar-refractivity contribution >= 4 is 93.7 Å². The van der Waals surface area contributed by atoms with Gasteiger partial charge in [-0.05, 0) is 220 Å². The van der Waals surface area contributed by atoms with E-state index in [-0.39, 0.29) is 84.6 Å². The summed E-state index contributed by atoms with van der Waals surface area (Å²) in [5.74, 6) is 0.534. The van der Waals surface area contributed by atoms with Gasteiger partial charge in [-0.25, -0.2) is 25.6 Å². The highest BCUT2D eigenvalue weighted by atomic mass is 79.9. The minimum Gasteiger partial charge on any atom is -0.457 e. The molecule has 0 unspecified atom stereocenters. The first-order valence-electron chi connectivity index (χ1n) is 32.1. The van der Waals surface area contributed by atoms with Crippen molar-refractivity contribution in [2.75, 3.05) is 35.2 Å². The molecule has 28 heteroatoms. The van der Waals surface area contributed by atoms with Gasteiger partial charge >= 0.3 is 19.5 Å². The highest BCUT2D eigenvalue weighted by Gasteiger charge is 2.54. The SMILES string of the molecule is CNC(=O)c1c(-c2ccc(Oc3ccc(F)cc3)cc2)oc2cc(N(Cc3ccc(B4OC(C)(C)C(C)(C)O4)c(C(F)(F)F)c3)S(C)(=O)=O)c(C3CC3)cc12.CNC(=O)c1c(-c2ccc(Oc3ccc(F)cc3)cc2)oc2cc(N(Cc3ccc(Br)c(C(F)(F)F)c3)S(C)(=O)=O)c(C3CC3)cc12. The maximum atomic E-state index is 14.6. The van der Waals surface area contributed by atoms with Crippen LogP contribution in [-0.4, -0.2) is 73.6 Å². The average molecular weight is 1510 g/mol. The Morgan fingerprint density at radius 3 is 1.23 bits per heavy atom. The number of halogens is 9. The van der Waals surface area contributed by atoms with E-state index in [0.29, 0.717) is 56.0 Å². The lowest BCUT2D eigenvalue weighted by Gasteiger charge is -2.32. The number of carbonyl (C=O) groups excluding carboxylic acids is 2. The zero-order chi connectivity index (χ0) is 73.3. The summed E-state index contributed by atoms with van der Waals surface area (Å²) in [6.07, 6.45) is -4.37. The number of nitrogens with zero attached hydrogens (tertiary/aromatic N) is 2. The number of anilines is 2. The summed E-state index contributed by atoms with van der Waals surface area (Å²) in [5, 5.41) is 6.22. The van der Waals surface area contributed by atoms with Gasteiger partial charge in [-0.1, -0.05) is 34.1 Å². The number of furan rings is 2. The number of rotatable bonds is 19. The fraction of sp³-hybridized carbons (Fsp3) is 0.270. The van der Waals surface area contributed by atoms with Crippen LogP contribution in [0.1, 0.15) is 119 Å². The number of carbonyl (C=O) groups is 2. The molecular formula is C74H66BBrF8N4O12S2. The van der Waals surface area contributed by atoms with Crippen molar-refractivity contribution in [1.82, 2.24) is 10.6 Å². The van der Waals surface area contributed by atoms with Gasteiger partial charge in [0.05, 0.1) is 70.4 Å². The van der Waals surface area contributed by atoms with Crippen LogP contribution in [0.3, 0.4) is 0 Å². The molecule has 10 aromatic rings. The van der Waals surface area contributed by atoms with E-state index in [0.717, 1.165) is 58.9 Å². The molecule has 2 saturated carbocycles. The van der Waals surface area contributed by atoms with Crippen LogP contribution in [0.25, 0.3) is 44.6 Å². The molecule has 3 fully saturated rings. The van der Waals surface area contributed by atoms with Gasteiger partial charge in [0, 0.05) is 52.6 Å². The molecular weight excluding hydrogens is 1440 g/mol. The molecule has 2 aliphatic carbocycles. The topological polar surface area (TPSA) is 196 Å². The molecule has 0 spiro atoms. The molecule has 2 N–H and O–H groups in total. The van der Waals surface area contributed by atoms with E-state index in [4.69, 9.17) is 27.6 Å². The van der Waals surface area contributed by atoms with E-state index >= 15 is 0 Å². The molecule has 1 aliphatic heterocycles. The number of ether oxygens (including phenoxy) is 2. The lowest BCUT2D eigenvalue weighted by Crippen LogP contribution is -2.41. The van der Waals surface area contributed by atoms with Crippen molar-refractivity contribution < 1.29 is 89.2 Å². The first-order valence-corrected chi connectivity index (χ1v) is 36.6. The molecule has 0 bridgehead atoms. The zero-order valence-corrected chi connectivity index (χ0v) is 59.2. The van der Waals surface area contributed by atoms with Crippen LogP contribution in [0.4, 0.5) is 46.5 Å². The standard InChI is InChI=1S/C40H39BF4N2O7S.C34H27BrF4N2O5S/c1-38(2)39(3,4)54-41(53-38)32-18-7-23(19-31(32)40(43,44)45)22-47(55(6,49)50)33-21-34-30(20-29(33)24-8-9-24)35(37(48)46-5)36(52-34)25-10-14-27(15-11-25)51-28-16-12-26(42)13-17-28;1-40-33(42)31-26-16-25(20-4-5-20)29(41(47(2,43)44)18-19-3-14-28(35)27(15-19)34(37,38)39)17-30(26)46-32(31)21-6-10-23(11-7-21)45-24-12-8-22(36)9-13-24/h7,10-21,24H,8-9,22H2,1-6H3,(H,46,48);3,6-17,20H,4-5,18H2,1-2H3,(H,40,42). The Labute approximate surface area is 591 Å². The monoisotopic (exact) mass is 1510 g/mol. The predicted molar refractivity (Wildman–Crippen MR) is 375 cm³/mol. The molecule has 13 rings (SSSR count). The Kier molecular flexibility index (Phi) is 19.6. The zero-order valence-electron chi connectivity index (χ0n) is 56.0. The van der Waals surface area contributed by atoms with Gasteiger partial charge in [-0.15, -0.1) is 0 Å². The van der Waals surface area contributed by atoms with Gasteiger partial charge in [-0.2, -0.15) is 26.3 Å². The van der Waals surface area contributed by atoms with E-state index in [9.17, 15) is 61.5 Å². The Morgan fingerprint density at radius 1 is 0.529 bits per heavy atom. The summed E-state index contributed by atoms with van der Waals surface area (Å²) in [6.45, 7) is 6.21. The molecule has 2 amide bonds. The molecule has 16 nitrogen and oxygen atoms in total. The summed E-state index contributed by atoms with van der Waals surface area (Å²) in [6, 6.07) is 38.4. The van der Waals surface area contributed by atoms with Crippen molar-refractivity contribution in [3.05, 3.63) is 218 Å². The predicted octanol–water partition coefficient (Wildman–Crippen LogP) is 17.6. The molecule has 0 radical (unpaired) electrons. The minimum atomic E-state index is -4.80. The minimum absolute atomic E-state index is 0.00640. The molecule has 3 heterocycles. The highest BCUT2D eigenvalue weighted by Crippen LogP contribution is 2.51. The number of fused-ring (bicyclic) bond motifs is 2. The third kappa shape index (κ3) is 15.4. The van der Waals surface area contributed by atoms with Crippen LogP contribution in [0.5, 0.6) is 23.0 Å². The maximum Gasteiger partial charge on any atom is 0.495 e. The summed E-state index contributed by atoms with van der Waals surface area (Å²) in [5.41, 5.74) is 0.131. The molecule has 3 aliphatic rings. The van der Waals surface area contributed by atoms with E-state index in [1.807, 2.05) is 0 Å². The fourth-order valence-electron chi connectivity index (χ4n) is 12.0. The van der Waals surface area contributed by atoms with Crippen molar-refractivity contribution in [3.63, 3.8) is 0 Å². The van der Waals surface area contributed by atoms with E-state index < -0.39 is 91.8 Å². The van der Waals surface area contributed by atoms with E-state index in [1.54, 1.807) is 88.4 Å². The van der Waals surface area contributed by atoms with Crippen LogP contribution in [0.2, 0.25) is 0 Å². The van der Waals surface area contributed by atoms with E-state index in [2.05, 4.69) is 26.6 Å². The number of benzene rings is 8. The summed E-state index contributed by atoms with van der Waals surface area (Å²) in [4.78, 5) is 26.6. The second kappa shape index (κ2) is 27.5. The Balaban J connectivity index is 0.000000195. The maximum absolute atomic E-state index is 14.6. The van der Waals surface area contributed by atoms with Crippen molar-refractivity contribution in [2.45, 2.75) is 102 Å². The average Bonchev–Trinajstić information content (AvgIpc) is 1.59. The van der Waals surface area contributed by atoms with Crippen LogP contribution in [-0.2, 0) is 54.8 Å². The second-order valence-corrected chi connectivity index (χ2v) is 30.8. The Morgan fingerprint density at radius 2 is 0.882 bits per heavy atom. The highest BCUT2D eigenvalue weighted by molar-refractivity contribution is 9.10. The molecule has 0 atom stereocenters. The van der Waals surface area contributed by atoms with Gasteiger partial charge in [0.25, 0.3) is 11.8 Å². The Bertz CT molecular complexity index is 5110. The second-order valence-electron chi connectivity index (χ2n) is 26.2. The number of hydrogen-bond donors (Lipinski definition) is 2. The molecule has 1 saturated heterocycles. The van der Waals surface area contributed by atoms with Crippen LogP contribution in [0.15, 0.2) is 171 Å². The number of hydrogen-bond acceptors (Lipinski definition) is 12. The molecule has 102 heavy (non-hydrogen) atoms. The van der Waals surface area contributed by atoms with Gasteiger partial charge in [0.2, 0.25) is 20.0 Å². The fourth-order valence-corrected chi connectivity index (χ4v) is 14.3. The quantitative estimate of drug-likeness (QED) is 0.0575. The van der Waals surface area contributed by atoms with Gasteiger partial charge in [-0.3, -0.25) is 18.2 Å². The van der Waals surface area contributed by atoms with Crippen LogP contribution >= 0.6 is 15.9 Å². The summed E-state index contributed by atoms with van der Waals surface area (Å²) >= 11 is 2.93. The molecule has 2 aromatic heterocycles. The number of sulfonamides is 2. The smallest absolute Gasteiger partial charge is 0.457 e. The first-order chi connectivity index (χ1) is 48.0. The molecule has 532 valence electrons. The van der Waals surface area contributed by atoms with Crippen molar-refractivity contribution in [1.29, 1.82) is 0 Å². The van der Waals surface area contributed by atoms with Crippen LogP contribution in [0, 0.1) is 11.6 Å². The Hall–Kier alpha value is -9.22. The normalized spacial score (nSPS) is 15.2. The number of nitrogens with one attached hydrogen (secondary N) is 2. The third-order valence-electron chi connectivity index (χ3n) is 18.2. The van der Waals surface area contributed by atoms with Gasteiger partial charge in [0.1, 0.15) is 57.3 Å². The lowest BCUT2D eigenvalue weighted by atomic mass is 9.75. The van der Waals surface area contributed by atoms with Gasteiger partial charge in [0.15, 0.2) is 0 Å². The summed E-state index contributed by atoms with van der Waals surface area (Å²) < 4.78 is 203. The van der Waals surface area contributed by atoms with Gasteiger partial charge < -0.3 is 38.3 Å². The van der Waals surface area contributed by atoms with Crippen molar-refractivity contribution in [2.24, 2.45) is 0 Å². The number of amides is 2. The van der Waals surface area contributed by atoms with Crippen molar-refractivity contribution in [3.8, 4) is 45.6 Å². The molecule has 8 aromatic carbocycles. The lowest BCUT2D eigenvalue weighted by molar-refractivity contribution is -0.138. The largest absolute Gasteiger partial charge is 0.495 e. The number of alkyl halides is 6. The van der Waals surface area contributed by atoms with Crippen LogP contribution < -0.4 is 34.2 Å². The third-order valence-corrected chi connectivity index (χ3v) is 21.2. The summed E-state index contributed by atoms with van der Waals surface area (Å²) in [7, 11) is -6.39.